The van der Waals surface area contributed by atoms with Gasteiger partial charge in [0.1, 0.15) is 11.6 Å². The molecule has 2 aromatic rings. The number of amides is 1. The van der Waals surface area contributed by atoms with Crippen molar-refractivity contribution in [1.29, 1.82) is 0 Å². The highest BCUT2D eigenvalue weighted by Crippen LogP contribution is 2.39. The van der Waals surface area contributed by atoms with Gasteiger partial charge in [0.05, 0.1) is 26.9 Å². The Kier molecular flexibility index (Phi) is 6.07. The minimum atomic E-state index is -3.53. The van der Waals surface area contributed by atoms with Crippen LogP contribution in [0.4, 0.5) is 15.9 Å². The average molecular weight is 495 g/mol. The second kappa shape index (κ2) is 8.43. The summed E-state index contributed by atoms with van der Waals surface area (Å²) in [7, 11) is -3.53. The molecule has 2 saturated heterocycles. The number of hydrogen-bond donors (Lipinski definition) is 1. The highest BCUT2D eigenvalue weighted by molar-refractivity contribution is 7.91. The predicted molar refractivity (Wildman–Crippen MR) is 127 cm³/mol. The van der Waals surface area contributed by atoms with E-state index in [4.69, 9.17) is 17.3 Å². The van der Waals surface area contributed by atoms with Gasteiger partial charge in [0.25, 0.3) is 5.91 Å². The first-order valence-corrected chi connectivity index (χ1v) is 12.9. The molecule has 0 aliphatic carbocycles. The Hall–Kier alpha value is -2.39. The Balaban J connectivity index is 1.60. The smallest absolute Gasteiger partial charge is 0.255 e. The lowest BCUT2D eigenvalue weighted by Crippen LogP contribution is -2.55. The van der Waals surface area contributed by atoms with E-state index >= 15 is 0 Å². The number of benzene rings is 1. The third-order valence-electron chi connectivity index (χ3n) is 6.06. The summed E-state index contributed by atoms with van der Waals surface area (Å²) in [6.45, 7) is 6.49. The van der Waals surface area contributed by atoms with E-state index in [2.05, 4.69) is 9.88 Å². The SMILES string of the molecule is CC(C)(C)CS(=O)(=O)c1cnc(N)c(N2C3CCC2CN(C(=O)c2ccc(F)cc2Cl)C3)c1. The normalized spacial score (nSPS) is 20.9. The first-order chi connectivity index (χ1) is 15.4. The van der Waals surface area contributed by atoms with Crippen LogP contribution in [0.3, 0.4) is 0 Å². The van der Waals surface area contributed by atoms with Crippen LogP contribution in [-0.2, 0) is 9.84 Å². The van der Waals surface area contributed by atoms with E-state index in [1.165, 1.54) is 18.3 Å². The Bertz CT molecular complexity index is 1180. The molecule has 2 bridgehead atoms. The Morgan fingerprint density at radius 3 is 2.42 bits per heavy atom. The van der Waals surface area contributed by atoms with Gasteiger partial charge in [0.2, 0.25) is 0 Å². The molecule has 2 N–H and O–H groups in total. The number of aromatic nitrogens is 1. The van der Waals surface area contributed by atoms with E-state index in [9.17, 15) is 17.6 Å². The summed E-state index contributed by atoms with van der Waals surface area (Å²) in [5, 5.41) is 0.0833. The number of carbonyl (C=O) groups is 1. The van der Waals surface area contributed by atoms with Gasteiger partial charge in [-0.25, -0.2) is 17.8 Å². The average Bonchev–Trinajstić information content (AvgIpc) is 2.95. The Labute approximate surface area is 198 Å². The highest BCUT2D eigenvalue weighted by Gasteiger charge is 2.43. The zero-order valence-electron chi connectivity index (χ0n) is 18.9. The molecule has 4 rings (SSSR count). The molecular weight excluding hydrogens is 467 g/mol. The molecule has 2 atom stereocenters. The van der Waals surface area contributed by atoms with Gasteiger partial charge in [0.15, 0.2) is 9.84 Å². The zero-order valence-corrected chi connectivity index (χ0v) is 20.5. The third kappa shape index (κ3) is 4.80. The molecule has 1 aromatic heterocycles. The summed E-state index contributed by atoms with van der Waals surface area (Å²) in [6, 6.07) is 5.31. The summed E-state index contributed by atoms with van der Waals surface area (Å²) < 4.78 is 39.3. The van der Waals surface area contributed by atoms with Crippen molar-refractivity contribution in [3.8, 4) is 0 Å². The van der Waals surface area contributed by atoms with Crippen molar-refractivity contribution in [3.63, 3.8) is 0 Å². The van der Waals surface area contributed by atoms with Crippen LogP contribution in [0.2, 0.25) is 5.02 Å². The van der Waals surface area contributed by atoms with Gasteiger partial charge in [-0.1, -0.05) is 32.4 Å². The van der Waals surface area contributed by atoms with E-state index in [0.717, 1.165) is 18.9 Å². The standard InChI is InChI=1S/C23H28ClFN4O3S/c1-23(2,3)13-33(31,32)17-9-20(21(26)27-10-17)29-15-5-6-16(29)12-28(11-15)22(30)18-7-4-14(25)8-19(18)24/h4,7-10,15-16H,5-6,11-13H2,1-3H3,(H2,26,27). The molecule has 33 heavy (non-hydrogen) atoms. The fraction of sp³-hybridized carbons (Fsp3) is 0.478. The lowest BCUT2D eigenvalue weighted by molar-refractivity contribution is 0.0718. The molecule has 0 saturated carbocycles. The monoisotopic (exact) mass is 494 g/mol. The van der Waals surface area contributed by atoms with E-state index in [0.29, 0.717) is 18.8 Å². The number of carbonyl (C=O) groups excluding carboxylic acids is 1. The van der Waals surface area contributed by atoms with Gasteiger partial charge in [-0.15, -0.1) is 0 Å². The maximum atomic E-state index is 13.4. The lowest BCUT2D eigenvalue weighted by atomic mass is 10.0. The third-order valence-corrected chi connectivity index (χ3v) is 8.56. The van der Waals surface area contributed by atoms with Crippen molar-refractivity contribution < 1.29 is 17.6 Å². The van der Waals surface area contributed by atoms with Gasteiger partial charge in [-0.3, -0.25) is 4.79 Å². The molecule has 1 aromatic carbocycles. The molecule has 2 unspecified atom stereocenters. The number of nitrogens with two attached hydrogens (primary N) is 1. The number of piperazine rings is 1. The van der Waals surface area contributed by atoms with Crippen LogP contribution in [0, 0.1) is 11.2 Å². The van der Waals surface area contributed by atoms with Gasteiger partial charge in [0, 0.05) is 31.4 Å². The van der Waals surface area contributed by atoms with Crippen LogP contribution in [0.1, 0.15) is 44.0 Å². The molecule has 2 aliphatic heterocycles. The van der Waals surface area contributed by atoms with Crippen molar-refractivity contribution in [3.05, 3.63) is 46.9 Å². The Morgan fingerprint density at radius 2 is 1.85 bits per heavy atom. The number of nitrogens with zero attached hydrogens (tertiary/aromatic N) is 3. The molecule has 2 aliphatic rings. The van der Waals surface area contributed by atoms with Gasteiger partial charge < -0.3 is 15.5 Å². The van der Waals surface area contributed by atoms with Crippen LogP contribution >= 0.6 is 11.6 Å². The first kappa shape index (κ1) is 23.8. The molecule has 178 valence electrons. The summed E-state index contributed by atoms with van der Waals surface area (Å²) in [5.41, 5.74) is 6.64. The van der Waals surface area contributed by atoms with Crippen LogP contribution < -0.4 is 10.6 Å². The summed E-state index contributed by atoms with van der Waals surface area (Å²) in [6.07, 6.45) is 2.99. The molecule has 2 fully saturated rings. The topological polar surface area (TPSA) is 96.6 Å². The largest absolute Gasteiger partial charge is 0.382 e. The van der Waals surface area contributed by atoms with Crippen LogP contribution in [0.5, 0.6) is 0 Å². The van der Waals surface area contributed by atoms with E-state index < -0.39 is 21.1 Å². The van der Waals surface area contributed by atoms with E-state index in [1.54, 1.807) is 11.0 Å². The van der Waals surface area contributed by atoms with Crippen molar-refractivity contribution in [2.75, 3.05) is 29.5 Å². The lowest BCUT2D eigenvalue weighted by Gasteiger charge is -2.42. The number of sulfone groups is 1. The molecule has 3 heterocycles. The summed E-state index contributed by atoms with van der Waals surface area (Å²) in [5.74, 6) is -0.476. The van der Waals surface area contributed by atoms with Gasteiger partial charge >= 0.3 is 0 Å². The van der Waals surface area contributed by atoms with Gasteiger partial charge in [-0.05, 0) is 42.5 Å². The van der Waals surface area contributed by atoms with E-state index in [1.807, 2.05) is 20.8 Å². The fourth-order valence-corrected chi connectivity index (χ4v) is 6.83. The number of halogens is 2. The number of anilines is 2. The van der Waals surface area contributed by atoms with Crippen LogP contribution in [0.15, 0.2) is 35.4 Å². The first-order valence-electron chi connectivity index (χ1n) is 10.9. The van der Waals surface area contributed by atoms with Crippen molar-refractivity contribution >= 4 is 38.9 Å². The minimum absolute atomic E-state index is 0.00138. The van der Waals surface area contributed by atoms with Crippen LogP contribution in [0.25, 0.3) is 0 Å². The Morgan fingerprint density at radius 1 is 1.21 bits per heavy atom. The second-order valence-electron chi connectivity index (χ2n) is 10.0. The molecule has 7 nitrogen and oxygen atoms in total. The highest BCUT2D eigenvalue weighted by atomic mass is 35.5. The number of nitrogen functional groups attached to an aromatic ring is 1. The number of pyridine rings is 1. The molecule has 0 spiro atoms. The van der Waals surface area contributed by atoms with Crippen molar-refractivity contribution in [1.82, 2.24) is 9.88 Å². The summed E-state index contributed by atoms with van der Waals surface area (Å²) in [4.78, 5) is 21.2. The number of rotatable bonds is 4. The predicted octanol–water partition coefficient (Wildman–Crippen LogP) is 3.77. The van der Waals surface area contributed by atoms with Crippen LogP contribution in [-0.4, -0.2) is 55.1 Å². The molecule has 10 heteroatoms. The quantitative estimate of drug-likeness (QED) is 0.695. The second-order valence-corrected chi connectivity index (χ2v) is 12.4. The zero-order chi connectivity index (χ0) is 24.1. The van der Waals surface area contributed by atoms with E-state index in [-0.39, 0.29) is 45.0 Å². The fourth-order valence-electron chi connectivity index (χ4n) is 4.77. The number of likely N-dealkylation sites (tertiary alicyclic amines) is 1. The molecule has 1 amide bonds. The molecular formula is C23H28ClFN4O3S. The summed E-state index contributed by atoms with van der Waals surface area (Å²) >= 11 is 6.10. The molecule has 0 radical (unpaired) electrons. The maximum Gasteiger partial charge on any atom is 0.255 e. The number of fused-ring (bicyclic) bond motifs is 2. The van der Waals surface area contributed by atoms with Crippen molar-refractivity contribution in [2.24, 2.45) is 5.41 Å². The van der Waals surface area contributed by atoms with Crippen molar-refractivity contribution in [2.45, 2.75) is 50.6 Å². The minimum Gasteiger partial charge on any atom is -0.382 e. The van der Waals surface area contributed by atoms with Gasteiger partial charge in [-0.2, -0.15) is 0 Å². The number of hydrogen-bond acceptors (Lipinski definition) is 6. The maximum absolute atomic E-state index is 13.4.